The van der Waals surface area contributed by atoms with E-state index in [9.17, 15) is 18.0 Å². The van der Waals surface area contributed by atoms with Crippen molar-refractivity contribution in [2.24, 2.45) is 0 Å². The minimum atomic E-state index is -4.46. The van der Waals surface area contributed by atoms with Crippen LogP contribution >= 0.6 is 0 Å². The summed E-state index contributed by atoms with van der Waals surface area (Å²) in [4.78, 5) is 16.2. The Labute approximate surface area is 148 Å². The second kappa shape index (κ2) is 7.74. The van der Waals surface area contributed by atoms with E-state index >= 15 is 0 Å². The maximum atomic E-state index is 12.7. The van der Waals surface area contributed by atoms with Crippen molar-refractivity contribution in [1.29, 1.82) is 0 Å². The number of rotatable bonds is 5. The zero-order chi connectivity index (χ0) is 18.6. The van der Waals surface area contributed by atoms with Crippen molar-refractivity contribution in [2.75, 3.05) is 23.8 Å². The van der Waals surface area contributed by atoms with Gasteiger partial charge in [-0.3, -0.25) is 4.79 Å². The van der Waals surface area contributed by atoms with E-state index in [1.165, 1.54) is 24.4 Å². The fourth-order valence-electron chi connectivity index (χ4n) is 2.64. The van der Waals surface area contributed by atoms with Gasteiger partial charge in [0, 0.05) is 18.8 Å². The topological polar surface area (TPSA) is 63.2 Å². The molecule has 1 saturated heterocycles. The average molecular weight is 365 g/mol. The number of hydrogen-bond acceptors (Lipinski definition) is 4. The lowest BCUT2D eigenvalue weighted by Crippen LogP contribution is -2.19. The third-order valence-electron chi connectivity index (χ3n) is 4.00. The van der Waals surface area contributed by atoms with Gasteiger partial charge in [-0.2, -0.15) is 13.2 Å². The highest BCUT2D eigenvalue weighted by atomic mass is 19.4. The van der Waals surface area contributed by atoms with Crippen LogP contribution in [0.25, 0.3) is 0 Å². The first kappa shape index (κ1) is 18.2. The summed E-state index contributed by atoms with van der Waals surface area (Å²) in [6.07, 6.45) is -0.707. The van der Waals surface area contributed by atoms with Crippen molar-refractivity contribution in [3.8, 4) is 0 Å². The van der Waals surface area contributed by atoms with Crippen LogP contribution in [0.1, 0.15) is 28.9 Å². The van der Waals surface area contributed by atoms with Gasteiger partial charge in [0.2, 0.25) is 0 Å². The minimum absolute atomic E-state index is 0.0622. The van der Waals surface area contributed by atoms with Gasteiger partial charge in [-0.25, -0.2) is 4.98 Å². The molecule has 138 valence electrons. The van der Waals surface area contributed by atoms with E-state index in [4.69, 9.17) is 4.74 Å². The fourth-order valence-corrected chi connectivity index (χ4v) is 2.64. The number of benzene rings is 1. The number of ether oxygens (including phenoxy) is 1. The molecule has 1 aromatic carbocycles. The zero-order valence-electron chi connectivity index (χ0n) is 13.8. The molecule has 3 rings (SSSR count). The number of aromatic nitrogens is 1. The Bertz CT molecular complexity index is 757. The molecule has 0 radical (unpaired) electrons. The number of carbonyl (C=O) groups is 1. The van der Waals surface area contributed by atoms with Gasteiger partial charge < -0.3 is 15.4 Å². The number of pyridine rings is 1. The first-order chi connectivity index (χ1) is 12.4. The molecule has 5 nitrogen and oxygen atoms in total. The number of anilines is 2. The summed E-state index contributed by atoms with van der Waals surface area (Å²) >= 11 is 0. The van der Waals surface area contributed by atoms with Crippen LogP contribution in [0.5, 0.6) is 0 Å². The third kappa shape index (κ3) is 4.72. The van der Waals surface area contributed by atoms with Gasteiger partial charge in [0.15, 0.2) is 0 Å². The molecule has 2 heterocycles. The summed E-state index contributed by atoms with van der Waals surface area (Å²) in [6.45, 7) is 1.44. The summed E-state index contributed by atoms with van der Waals surface area (Å²) in [6, 6.07) is 7.68. The average Bonchev–Trinajstić information content (AvgIpc) is 3.13. The highest BCUT2D eigenvalue weighted by Crippen LogP contribution is 2.30. The van der Waals surface area contributed by atoms with Crippen LogP contribution in [0.15, 0.2) is 42.6 Å². The monoisotopic (exact) mass is 365 g/mol. The van der Waals surface area contributed by atoms with E-state index in [0.29, 0.717) is 6.54 Å². The number of carbonyl (C=O) groups excluding carboxylic acids is 1. The van der Waals surface area contributed by atoms with Crippen molar-refractivity contribution in [3.63, 3.8) is 0 Å². The molecule has 1 atom stereocenters. The Morgan fingerprint density at radius 1 is 1.23 bits per heavy atom. The van der Waals surface area contributed by atoms with Crippen LogP contribution in [0.3, 0.4) is 0 Å². The molecular formula is C18H18F3N3O2. The molecular weight excluding hydrogens is 347 g/mol. The highest BCUT2D eigenvalue weighted by molar-refractivity contribution is 6.03. The second-order valence-corrected chi connectivity index (χ2v) is 5.98. The van der Waals surface area contributed by atoms with E-state index in [2.05, 4.69) is 15.6 Å². The van der Waals surface area contributed by atoms with Gasteiger partial charge in [-0.05, 0) is 43.2 Å². The molecule has 2 N–H and O–H groups in total. The van der Waals surface area contributed by atoms with E-state index in [1.807, 2.05) is 0 Å². The molecule has 1 amide bonds. The number of halogens is 3. The van der Waals surface area contributed by atoms with Crippen LogP contribution in [0.2, 0.25) is 0 Å². The Balaban J connectivity index is 1.59. The molecule has 1 aromatic heterocycles. The standard InChI is InChI=1S/C18H18F3N3O2/c19-18(20,21)12-3-1-4-13(9-12)24-17(25)16-7-6-14(10-23-16)22-11-15-5-2-8-26-15/h1,3-4,6-7,9-10,15,22H,2,5,8,11H2,(H,24,25). The molecule has 0 bridgehead atoms. The number of hydrogen-bond donors (Lipinski definition) is 2. The van der Waals surface area contributed by atoms with Crippen LogP contribution in [-0.4, -0.2) is 30.1 Å². The van der Waals surface area contributed by atoms with Gasteiger partial charge >= 0.3 is 6.18 Å². The smallest absolute Gasteiger partial charge is 0.381 e. The zero-order valence-corrected chi connectivity index (χ0v) is 13.8. The Morgan fingerprint density at radius 3 is 2.73 bits per heavy atom. The largest absolute Gasteiger partial charge is 0.416 e. The Morgan fingerprint density at radius 2 is 2.08 bits per heavy atom. The van der Waals surface area contributed by atoms with Crippen molar-refractivity contribution >= 4 is 17.3 Å². The maximum absolute atomic E-state index is 12.7. The quantitative estimate of drug-likeness (QED) is 0.842. The van der Waals surface area contributed by atoms with E-state index in [0.717, 1.165) is 37.3 Å². The molecule has 0 aliphatic carbocycles. The van der Waals surface area contributed by atoms with Gasteiger partial charge in [-0.1, -0.05) is 6.07 Å². The third-order valence-corrected chi connectivity index (χ3v) is 4.00. The maximum Gasteiger partial charge on any atom is 0.416 e. The first-order valence-electron chi connectivity index (χ1n) is 8.22. The van der Waals surface area contributed by atoms with Crippen LogP contribution in [-0.2, 0) is 10.9 Å². The summed E-state index contributed by atoms with van der Waals surface area (Å²) < 4.78 is 43.7. The van der Waals surface area contributed by atoms with Crippen LogP contribution < -0.4 is 10.6 Å². The molecule has 1 unspecified atom stereocenters. The Hall–Kier alpha value is -2.61. The molecule has 2 aromatic rings. The summed E-state index contributed by atoms with van der Waals surface area (Å²) in [7, 11) is 0. The van der Waals surface area contributed by atoms with E-state index < -0.39 is 17.6 Å². The lowest BCUT2D eigenvalue weighted by atomic mass is 10.2. The van der Waals surface area contributed by atoms with Gasteiger partial charge in [0.1, 0.15) is 5.69 Å². The normalized spacial score (nSPS) is 17.1. The van der Waals surface area contributed by atoms with Crippen molar-refractivity contribution in [1.82, 2.24) is 4.98 Å². The lowest BCUT2D eigenvalue weighted by molar-refractivity contribution is -0.137. The fraction of sp³-hybridized carbons (Fsp3) is 0.333. The molecule has 26 heavy (non-hydrogen) atoms. The van der Waals surface area contributed by atoms with Crippen molar-refractivity contribution in [2.45, 2.75) is 25.1 Å². The predicted octanol–water partition coefficient (Wildman–Crippen LogP) is 3.94. The van der Waals surface area contributed by atoms with Crippen LogP contribution in [0.4, 0.5) is 24.5 Å². The lowest BCUT2D eigenvalue weighted by Gasteiger charge is -2.12. The van der Waals surface area contributed by atoms with Gasteiger partial charge in [-0.15, -0.1) is 0 Å². The minimum Gasteiger partial charge on any atom is -0.381 e. The summed E-state index contributed by atoms with van der Waals surface area (Å²) in [5.41, 5.74) is 0.102. The Kier molecular flexibility index (Phi) is 5.41. The molecule has 1 aliphatic heterocycles. The molecule has 0 saturated carbocycles. The second-order valence-electron chi connectivity index (χ2n) is 5.98. The van der Waals surface area contributed by atoms with E-state index in [-0.39, 0.29) is 17.5 Å². The number of nitrogens with zero attached hydrogens (tertiary/aromatic N) is 1. The number of amides is 1. The molecule has 1 aliphatic rings. The van der Waals surface area contributed by atoms with E-state index in [1.54, 1.807) is 6.07 Å². The highest BCUT2D eigenvalue weighted by Gasteiger charge is 2.30. The number of alkyl halides is 3. The molecule has 1 fully saturated rings. The van der Waals surface area contributed by atoms with Gasteiger partial charge in [0.05, 0.1) is 23.6 Å². The number of nitrogens with one attached hydrogen (secondary N) is 2. The van der Waals surface area contributed by atoms with Crippen LogP contribution in [0, 0.1) is 0 Å². The summed E-state index contributed by atoms with van der Waals surface area (Å²) in [5.74, 6) is -0.574. The van der Waals surface area contributed by atoms with Crippen molar-refractivity contribution in [3.05, 3.63) is 53.9 Å². The van der Waals surface area contributed by atoms with Crippen molar-refractivity contribution < 1.29 is 22.7 Å². The van der Waals surface area contributed by atoms with Gasteiger partial charge in [0.25, 0.3) is 5.91 Å². The summed E-state index contributed by atoms with van der Waals surface area (Å²) in [5, 5.41) is 5.61. The molecule has 8 heteroatoms. The SMILES string of the molecule is O=C(Nc1cccc(C(F)(F)F)c1)c1ccc(NCC2CCCO2)cn1. The molecule has 0 spiro atoms. The predicted molar refractivity (Wildman–Crippen MR) is 91.1 cm³/mol. The first-order valence-corrected chi connectivity index (χ1v) is 8.22.